The Bertz CT molecular complexity index is 1370. The molecule has 0 fully saturated rings. The first-order valence-electron chi connectivity index (χ1n) is 10.0. The van der Waals surface area contributed by atoms with E-state index in [-0.39, 0.29) is 6.54 Å². The van der Waals surface area contributed by atoms with E-state index in [2.05, 4.69) is 30.4 Å². The van der Waals surface area contributed by atoms with E-state index in [0.29, 0.717) is 37.5 Å². The van der Waals surface area contributed by atoms with Crippen LogP contribution in [0.1, 0.15) is 11.1 Å². The lowest BCUT2D eigenvalue weighted by Crippen LogP contribution is -2.17. The lowest BCUT2D eigenvalue weighted by Gasteiger charge is -2.22. The minimum absolute atomic E-state index is 0.280. The molecule has 4 rings (SSSR count). The van der Waals surface area contributed by atoms with Crippen LogP contribution >= 0.6 is 46.7 Å². The van der Waals surface area contributed by atoms with Gasteiger partial charge in [0.15, 0.2) is 5.76 Å². The molecule has 0 unspecified atom stereocenters. The summed E-state index contributed by atoms with van der Waals surface area (Å²) >= 11 is 15.7. The Morgan fingerprint density at radius 3 is 2.40 bits per heavy atom. The second-order valence-electron chi connectivity index (χ2n) is 7.39. The summed E-state index contributed by atoms with van der Waals surface area (Å²) in [6, 6.07) is 19.9. The number of halogens is 5. The molecule has 0 aliphatic heterocycles. The maximum atomic E-state index is 12.5. The first kappa shape index (κ1) is 25.8. The van der Waals surface area contributed by atoms with Crippen LogP contribution in [0.25, 0.3) is 11.3 Å². The average Bonchev–Trinajstić information content (AvgIpc) is 3.36. The quantitative estimate of drug-likeness (QED) is 0.178. The first-order valence-corrected chi connectivity index (χ1v) is 13.3. The van der Waals surface area contributed by atoms with Crippen molar-refractivity contribution in [2.45, 2.75) is 12.7 Å². The standard InChI is InChI=1S/C23H16BrCl2F2N2O4P/c24-19-10-15(6-7-17(19)14-35(31,33-27)34-28)13-30(18-8-9-20(25)21(26)11-18)23-29-12-22(32-23)16-4-2-1-3-5-16/h1-12H,13-14H2. The number of hydrogen-bond acceptors (Lipinski definition) is 6. The minimum atomic E-state index is -4.53. The van der Waals surface area contributed by atoms with Gasteiger partial charge in [0, 0.05) is 15.7 Å². The maximum absolute atomic E-state index is 12.5. The summed E-state index contributed by atoms with van der Waals surface area (Å²) in [5.74, 6) is 0.579. The fourth-order valence-electron chi connectivity index (χ4n) is 3.32. The Morgan fingerprint density at radius 1 is 1.00 bits per heavy atom. The predicted molar refractivity (Wildman–Crippen MR) is 134 cm³/mol. The van der Waals surface area contributed by atoms with Crippen molar-refractivity contribution >= 4 is 58.4 Å². The molecule has 0 bridgehead atoms. The molecule has 1 aromatic heterocycles. The highest BCUT2D eigenvalue weighted by Crippen LogP contribution is 2.53. The van der Waals surface area contributed by atoms with E-state index in [9.17, 15) is 13.6 Å². The van der Waals surface area contributed by atoms with Crippen LogP contribution in [-0.2, 0) is 26.7 Å². The fraction of sp³-hybridized carbons (Fsp3) is 0.0870. The van der Waals surface area contributed by atoms with Crippen LogP contribution in [0.5, 0.6) is 0 Å². The monoisotopic (exact) mass is 602 g/mol. The van der Waals surface area contributed by atoms with Crippen molar-refractivity contribution in [2.75, 3.05) is 4.90 Å². The van der Waals surface area contributed by atoms with Crippen LogP contribution in [0.2, 0.25) is 10.0 Å². The molecule has 0 atom stereocenters. The number of hydrogen-bond donors (Lipinski definition) is 0. The maximum Gasteiger partial charge on any atom is 0.399 e. The van der Waals surface area contributed by atoms with E-state index in [1.165, 1.54) is 0 Å². The molecule has 6 nitrogen and oxygen atoms in total. The fourth-order valence-corrected chi connectivity index (χ4v) is 5.20. The van der Waals surface area contributed by atoms with E-state index in [0.717, 1.165) is 11.1 Å². The van der Waals surface area contributed by atoms with Crippen molar-refractivity contribution in [3.05, 3.63) is 98.6 Å². The molecule has 35 heavy (non-hydrogen) atoms. The molecule has 0 aliphatic carbocycles. The summed E-state index contributed by atoms with van der Waals surface area (Å²) in [7, 11) is -4.53. The van der Waals surface area contributed by atoms with Gasteiger partial charge < -0.3 is 4.42 Å². The van der Waals surface area contributed by atoms with Crippen LogP contribution in [0.15, 0.2) is 81.8 Å². The van der Waals surface area contributed by atoms with E-state index in [1.54, 1.807) is 47.5 Å². The molecule has 0 aliphatic rings. The molecule has 12 heteroatoms. The normalized spacial score (nSPS) is 11.6. The Hall–Kier alpha value is -2.26. The van der Waals surface area contributed by atoms with Crippen LogP contribution < -0.4 is 4.90 Å². The van der Waals surface area contributed by atoms with Crippen molar-refractivity contribution in [2.24, 2.45) is 0 Å². The Kier molecular flexibility index (Phi) is 8.27. The Labute approximate surface area is 217 Å². The van der Waals surface area contributed by atoms with Crippen LogP contribution in [0.3, 0.4) is 0 Å². The van der Waals surface area contributed by atoms with Crippen molar-refractivity contribution in [3.63, 3.8) is 0 Å². The van der Waals surface area contributed by atoms with Gasteiger partial charge in [0.1, 0.15) is 0 Å². The first-order chi connectivity index (χ1) is 16.8. The van der Waals surface area contributed by atoms with Crippen molar-refractivity contribution in [3.8, 4) is 11.3 Å². The third-order valence-corrected chi connectivity index (χ3v) is 7.66. The zero-order chi connectivity index (χ0) is 25.0. The highest BCUT2D eigenvalue weighted by Gasteiger charge is 2.29. The van der Waals surface area contributed by atoms with Gasteiger partial charge in [-0.05, 0) is 44.4 Å². The minimum Gasteiger partial charge on any atom is -0.423 e. The average molecular weight is 604 g/mol. The van der Waals surface area contributed by atoms with Gasteiger partial charge in [-0.25, -0.2) is 4.98 Å². The van der Waals surface area contributed by atoms with Crippen molar-refractivity contribution < 1.29 is 27.5 Å². The van der Waals surface area contributed by atoms with E-state index >= 15 is 0 Å². The summed E-state index contributed by atoms with van der Waals surface area (Å²) < 4.78 is 49.7. The Balaban J connectivity index is 1.67. The Morgan fingerprint density at radius 2 is 1.74 bits per heavy atom. The molecule has 0 saturated carbocycles. The second kappa shape index (κ2) is 11.2. The number of nitrogens with zero attached hydrogens (tertiary/aromatic N) is 2. The summed E-state index contributed by atoms with van der Waals surface area (Å²) in [5.41, 5.74) is 2.63. The molecular weight excluding hydrogens is 588 g/mol. The number of benzene rings is 3. The van der Waals surface area contributed by atoms with Gasteiger partial charge in [0.05, 0.1) is 28.9 Å². The highest BCUT2D eigenvalue weighted by atomic mass is 79.9. The number of rotatable bonds is 9. The lowest BCUT2D eigenvalue weighted by molar-refractivity contribution is -0.0881. The zero-order valence-corrected chi connectivity index (χ0v) is 21.7. The molecule has 0 spiro atoms. The van der Waals surface area contributed by atoms with E-state index in [4.69, 9.17) is 27.6 Å². The molecule has 1 heterocycles. The van der Waals surface area contributed by atoms with Crippen LogP contribution in [0.4, 0.5) is 20.8 Å². The van der Waals surface area contributed by atoms with Gasteiger partial charge in [-0.15, -0.1) is 9.46 Å². The molecule has 0 amide bonds. The molecule has 3 aromatic carbocycles. The van der Waals surface area contributed by atoms with E-state index < -0.39 is 13.8 Å². The van der Waals surface area contributed by atoms with Gasteiger partial charge in [0.2, 0.25) is 0 Å². The molecule has 0 saturated heterocycles. The molecule has 0 radical (unpaired) electrons. The van der Waals surface area contributed by atoms with Gasteiger partial charge >= 0.3 is 13.6 Å². The molecule has 4 aromatic rings. The van der Waals surface area contributed by atoms with Crippen LogP contribution in [-0.4, -0.2) is 4.98 Å². The largest absolute Gasteiger partial charge is 0.423 e. The SMILES string of the molecule is O=P(Cc1ccc(CN(c2ccc(Cl)c(Cl)c2)c2ncc(-c3ccccc3)o2)cc1Br)(OF)OF. The number of anilines is 2. The lowest BCUT2D eigenvalue weighted by atomic mass is 10.1. The van der Waals surface area contributed by atoms with Crippen LogP contribution in [0, 0.1) is 0 Å². The summed E-state index contributed by atoms with van der Waals surface area (Å²) in [6.07, 6.45) is 1.03. The van der Waals surface area contributed by atoms with Crippen molar-refractivity contribution in [1.29, 1.82) is 0 Å². The molecule has 182 valence electrons. The second-order valence-corrected chi connectivity index (χ2v) is 10.9. The van der Waals surface area contributed by atoms with Gasteiger partial charge in [-0.1, -0.05) is 81.6 Å². The smallest absolute Gasteiger partial charge is 0.399 e. The molecule has 0 N–H and O–H groups in total. The number of oxazole rings is 1. The summed E-state index contributed by atoms with van der Waals surface area (Å²) in [6.45, 7) is 0.280. The predicted octanol–water partition coefficient (Wildman–Crippen LogP) is 9.24. The van der Waals surface area contributed by atoms with Gasteiger partial charge in [0.25, 0.3) is 0 Å². The van der Waals surface area contributed by atoms with Gasteiger partial charge in [-0.2, -0.15) is 0 Å². The highest BCUT2D eigenvalue weighted by molar-refractivity contribution is 9.10. The zero-order valence-electron chi connectivity index (χ0n) is 17.7. The van der Waals surface area contributed by atoms with Gasteiger partial charge in [-0.3, -0.25) is 9.46 Å². The summed E-state index contributed by atoms with van der Waals surface area (Å²) in [5, 5.41) is 0.753. The van der Waals surface area contributed by atoms with E-state index in [1.807, 2.05) is 30.3 Å². The number of aromatic nitrogens is 1. The molecular formula is C23H16BrCl2F2N2O4P. The van der Waals surface area contributed by atoms with Crippen molar-refractivity contribution in [1.82, 2.24) is 4.98 Å². The topological polar surface area (TPSA) is 64.8 Å². The third kappa shape index (κ3) is 6.12. The summed E-state index contributed by atoms with van der Waals surface area (Å²) in [4.78, 5) is 6.23. The third-order valence-electron chi connectivity index (χ3n) is 5.03.